The summed E-state index contributed by atoms with van der Waals surface area (Å²) in [7, 11) is 1.36. The Morgan fingerprint density at radius 2 is 1.73 bits per heavy atom. The number of amides is 1. The molecular weight excluding hydrogens is 454 g/mol. The van der Waals surface area contributed by atoms with Gasteiger partial charge in [-0.3, -0.25) is 4.79 Å². The molecule has 1 aliphatic heterocycles. The molecule has 8 heteroatoms. The molecule has 0 aliphatic carbocycles. The van der Waals surface area contributed by atoms with Crippen molar-refractivity contribution in [3.05, 3.63) is 82.2 Å². The molecule has 1 aliphatic rings. The molecule has 2 N–H and O–H groups in total. The van der Waals surface area contributed by atoms with Crippen LogP contribution in [0.15, 0.2) is 60.7 Å². The standard InChI is InChI=1S/C25H25N3O3S2/c1-31-24(30)21-16-20(15-17-7-3-2-4-8-17)33-22(21)27-25(32)26-19-11-9-18(10-12-19)23(29)28-13-5-6-14-28/h2-4,7-12,16H,5-6,13-15H2,1H3,(H2,26,27,32). The number of carbonyl (C=O) groups excluding carboxylic acids is 2. The molecule has 3 aromatic rings. The molecule has 0 radical (unpaired) electrons. The minimum absolute atomic E-state index is 0.0620. The second-order valence-electron chi connectivity index (χ2n) is 7.77. The van der Waals surface area contributed by atoms with Crippen LogP contribution in [0, 0.1) is 0 Å². The number of methoxy groups -OCH3 is 1. The van der Waals surface area contributed by atoms with E-state index in [1.54, 1.807) is 12.1 Å². The van der Waals surface area contributed by atoms with Crippen molar-refractivity contribution in [1.82, 2.24) is 4.90 Å². The van der Waals surface area contributed by atoms with Crippen LogP contribution in [0.2, 0.25) is 0 Å². The molecule has 1 saturated heterocycles. The second kappa shape index (κ2) is 10.6. The van der Waals surface area contributed by atoms with Crippen molar-refractivity contribution in [2.24, 2.45) is 0 Å². The van der Waals surface area contributed by atoms with Gasteiger partial charge in [-0.1, -0.05) is 30.3 Å². The summed E-state index contributed by atoms with van der Waals surface area (Å²) in [6, 6.07) is 19.2. The Hall–Kier alpha value is -3.23. The van der Waals surface area contributed by atoms with Crippen LogP contribution in [0.3, 0.4) is 0 Å². The van der Waals surface area contributed by atoms with Gasteiger partial charge in [0.2, 0.25) is 0 Å². The topological polar surface area (TPSA) is 70.7 Å². The number of thiophene rings is 1. The van der Waals surface area contributed by atoms with Gasteiger partial charge in [-0.05, 0) is 61.0 Å². The van der Waals surface area contributed by atoms with Gasteiger partial charge in [0.1, 0.15) is 5.00 Å². The molecule has 6 nitrogen and oxygen atoms in total. The maximum atomic E-state index is 12.5. The molecule has 2 aromatic carbocycles. The zero-order chi connectivity index (χ0) is 23.2. The number of nitrogens with one attached hydrogen (secondary N) is 2. The first-order valence-electron chi connectivity index (χ1n) is 10.8. The Balaban J connectivity index is 1.43. The first-order chi connectivity index (χ1) is 16.0. The summed E-state index contributed by atoms with van der Waals surface area (Å²) >= 11 is 6.94. The van der Waals surface area contributed by atoms with E-state index in [1.165, 1.54) is 18.4 Å². The predicted molar refractivity (Wildman–Crippen MR) is 136 cm³/mol. The molecule has 0 spiro atoms. The van der Waals surface area contributed by atoms with Crippen LogP contribution in [0.25, 0.3) is 0 Å². The maximum absolute atomic E-state index is 12.5. The zero-order valence-corrected chi connectivity index (χ0v) is 19.9. The van der Waals surface area contributed by atoms with Crippen LogP contribution < -0.4 is 10.6 Å². The molecule has 1 amide bonds. The van der Waals surface area contributed by atoms with Gasteiger partial charge >= 0.3 is 5.97 Å². The number of rotatable bonds is 6. The van der Waals surface area contributed by atoms with E-state index in [0.717, 1.165) is 42.1 Å². The van der Waals surface area contributed by atoms with Crippen LogP contribution in [0.1, 0.15) is 44.0 Å². The Labute approximate surface area is 202 Å². The van der Waals surface area contributed by atoms with Gasteiger partial charge in [-0.15, -0.1) is 11.3 Å². The highest BCUT2D eigenvalue weighted by Crippen LogP contribution is 2.31. The van der Waals surface area contributed by atoms with E-state index >= 15 is 0 Å². The monoisotopic (exact) mass is 479 g/mol. The lowest BCUT2D eigenvalue weighted by molar-refractivity contribution is 0.0602. The third kappa shape index (κ3) is 5.77. The summed E-state index contributed by atoms with van der Waals surface area (Å²) in [5.74, 6) is -0.354. The van der Waals surface area contributed by atoms with Crippen LogP contribution in [-0.2, 0) is 11.2 Å². The van der Waals surface area contributed by atoms with Gasteiger partial charge in [0.25, 0.3) is 5.91 Å². The number of anilines is 2. The van der Waals surface area contributed by atoms with Crippen molar-refractivity contribution >= 4 is 51.2 Å². The predicted octanol–water partition coefficient (Wildman–Crippen LogP) is 5.17. The van der Waals surface area contributed by atoms with E-state index in [2.05, 4.69) is 22.8 Å². The number of nitrogens with zero attached hydrogens (tertiary/aromatic N) is 1. The summed E-state index contributed by atoms with van der Waals surface area (Å²) in [4.78, 5) is 27.7. The van der Waals surface area contributed by atoms with Crippen molar-refractivity contribution in [3.63, 3.8) is 0 Å². The Morgan fingerprint density at radius 3 is 2.39 bits per heavy atom. The minimum Gasteiger partial charge on any atom is -0.465 e. The van der Waals surface area contributed by atoms with Gasteiger partial charge < -0.3 is 20.3 Å². The zero-order valence-electron chi connectivity index (χ0n) is 18.3. The summed E-state index contributed by atoms with van der Waals surface area (Å²) in [5, 5.41) is 7.23. The van der Waals surface area contributed by atoms with E-state index in [4.69, 9.17) is 17.0 Å². The van der Waals surface area contributed by atoms with Crippen molar-refractivity contribution in [2.75, 3.05) is 30.8 Å². The first-order valence-corrected chi connectivity index (χ1v) is 12.0. The molecular formula is C25H25N3O3S2. The summed E-state index contributed by atoms with van der Waals surface area (Å²) in [5.41, 5.74) is 3.03. The van der Waals surface area contributed by atoms with Gasteiger partial charge in [0.05, 0.1) is 12.7 Å². The number of carbonyl (C=O) groups is 2. The summed E-state index contributed by atoms with van der Waals surface area (Å²) in [6.07, 6.45) is 2.84. The van der Waals surface area contributed by atoms with Gasteiger partial charge in [-0.2, -0.15) is 0 Å². The number of hydrogen-bond donors (Lipinski definition) is 2. The maximum Gasteiger partial charge on any atom is 0.340 e. The lowest BCUT2D eigenvalue weighted by Crippen LogP contribution is -2.27. The molecule has 4 rings (SSSR count). The third-order valence-electron chi connectivity index (χ3n) is 5.42. The highest BCUT2D eigenvalue weighted by molar-refractivity contribution is 7.80. The highest BCUT2D eigenvalue weighted by atomic mass is 32.1. The fraction of sp³-hybridized carbons (Fsp3) is 0.240. The van der Waals surface area contributed by atoms with E-state index in [-0.39, 0.29) is 5.91 Å². The third-order valence-corrected chi connectivity index (χ3v) is 6.67. The molecule has 0 unspecified atom stereocenters. The van der Waals surface area contributed by atoms with E-state index in [9.17, 15) is 9.59 Å². The quantitative estimate of drug-likeness (QED) is 0.375. The average molecular weight is 480 g/mol. The second-order valence-corrected chi connectivity index (χ2v) is 9.31. The molecule has 0 bridgehead atoms. The van der Waals surface area contributed by atoms with E-state index < -0.39 is 5.97 Å². The number of hydrogen-bond acceptors (Lipinski definition) is 5. The molecule has 170 valence electrons. The molecule has 0 atom stereocenters. The highest BCUT2D eigenvalue weighted by Gasteiger charge is 2.20. The number of benzene rings is 2. The van der Waals surface area contributed by atoms with Gasteiger partial charge in [-0.25, -0.2) is 4.79 Å². The van der Waals surface area contributed by atoms with Crippen LogP contribution in [0.5, 0.6) is 0 Å². The molecule has 1 aromatic heterocycles. The fourth-order valence-corrected chi connectivity index (χ4v) is 5.11. The molecule has 2 heterocycles. The summed E-state index contributed by atoms with van der Waals surface area (Å²) < 4.78 is 4.95. The van der Waals surface area contributed by atoms with Crippen molar-refractivity contribution in [3.8, 4) is 0 Å². The number of ether oxygens (including phenoxy) is 1. The molecule has 0 saturated carbocycles. The van der Waals surface area contributed by atoms with Crippen molar-refractivity contribution in [2.45, 2.75) is 19.3 Å². The van der Waals surface area contributed by atoms with Gasteiger partial charge in [0, 0.05) is 35.6 Å². The molecule has 33 heavy (non-hydrogen) atoms. The Kier molecular flexibility index (Phi) is 7.36. The van der Waals surface area contributed by atoms with E-state index in [1.807, 2.05) is 41.3 Å². The number of thiocarbonyl (C=S) groups is 1. The number of likely N-dealkylation sites (tertiary alicyclic amines) is 1. The normalized spacial score (nSPS) is 12.9. The first kappa shape index (κ1) is 22.9. The number of esters is 1. The Bertz CT molecular complexity index is 1140. The van der Waals surface area contributed by atoms with Gasteiger partial charge in [0.15, 0.2) is 5.11 Å². The Morgan fingerprint density at radius 1 is 1.03 bits per heavy atom. The van der Waals surface area contributed by atoms with Crippen LogP contribution in [-0.4, -0.2) is 42.1 Å². The average Bonchev–Trinajstić information content (AvgIpc) is 3.50. The van der Waals surface area contributed by atoms with E-state index in [0.29, 0.717) is 27.7 Å². The van der Waals surface area contributed by atoms with Crippen molar-refractivity contribution in [1.29, 1.82) is 0 Å². The van der Waals surface area contributed by atoms with Crippen LogP contribution >= 0.6 is 23.6 Å². The van der Waals surface area contributed by atoms with Crippen LogP contribution in [0.4, 0.5) is 10.7 Å². The summed E-state index contributed by atoms with van der Waals surface area (Å²) in [6.45, 7) is 1.64. The smallest absolute Gasteiger partial charge is 0.340 e. The molecule has 1 fully saturated rings. The fourth-order valence-electron chi connectivity index (χ4n) is 3.75. The minimum atomic E-state index is -0.416. The lowest BCUT2D eigenvalue weighted by atomic mass is 10.1. The largest absolute Gasteiger partial charge is 0.465 e. The lowest BCUT2D eigenvalue weighted by Gasteiger charge is -2.15. The van der Waals surface area contributed by atoms with Crippen molar-refractivity contribution < 1.29 is 14.3 Å². The SMILES string of the molecule is COC(=O)c1cc(Cc2ccccc2)sc1NC(=S)Nc1ccc(C(=O)N2CCCC2)cc1.